The van der Waals surface area contributed by atoms with Crippen LogP contribution in [0.2, 0.25) is 0 Å². The molecule has 126 valence electrons. The molecular formula is C14H26N4O4. The number of hydrogen-bond donors (Lipinski definition) is 3. The van der Waals surface area contributed by atoms with E-state index in [2.05, 4.69) is 16.0 Å². The van der Waals surface area contributed by atoms with E-state index in [-0.39, 0.29) is 43.3 Å². The summed E-state index contributed by atoms with van der Waals surface area (Å²) in [4.78, 5) is 46.2. The Morgan fingerprint density at radius 2 is 1.77 bits per heavy atom. The van der Waals surface area contributed by atoms with Crippen LogP contribution in [0.3, 0.4) is 0 Å². The summed E-state index contributed by atoms with van der Waals surface area (Å²) < 4.78 is 0. The van der Waals surface area contributed by atoms with Crippen molar-refractivity contribution in [2.45, 2.75) is 32.2 Å². The third-order valence-corrected chi connectivity index (χ3v) is 2.96. The van der Waals surface area contributed by atoms with E-state index in [1.807, 2.05) is 0 Å². The van der Waals surface area contributed by atoms with Crippen molar-refractivity contribution in [2.75, 3.05) is 33.7 Å². The van der Waals surface area contributed by atoms with Crippen LogP contribution in [0.1, 0.15) is 26.2 Å². The summed E-state index contributed by atoms with van der Waals surface area (Å²) in [5.41, 5.74) is 0. The molecule has 8 heteroatoms. The molecule has 0 radical (unpaired) electrons. The quantitative estimate of drug-likeness (QED) is 0.323. The van der Waals surface area contributed by atoms with Gasteiger partial charge in [0.2, 0.25) is 17.7 Å². The Morgan fingerprint density at radius 3 is 2.32 bits per heavy atom. The highest BCUT2D eigenvalue weighted by Crippen LogP contribution is 2.03. The Hall–Kier alpha value is -1.96. The first-order valence-corrected chi connectivity index (χ1v) is 7.27. The highest BCUT2D eigenvalue weighted by molar-refractivity contribution is 5.87. The van der Waals surface area contributed by atoms with Gasteiger partial charge in [-0.25, -0.2) is 0 Å². The molecule has 0 heterocycles. The van der Waals surface area contributed by atoms with Crippen LogP contribution in [0.4, 0.5) is 0 Å². The van der Waals surface area contributed by atoms with Gasteiger partial charge in [-0.1, -0.05) is 0 Å². The van der Waals surface area contributed by atoms with Crippen molar-refractivity contribution in [1.29, 1.82) is 0 Å². The van der Waals surface area contributed by atoms with Crippen LogP contribution in [0, 0.1) is 0 Å². The van der Waals surface area contributed by atoms with Gasteiger partial charge in [0, 0.05) is 26.4 Å². The van der Waals surface area contributed by atoms with Gasteiger partial charge in [0.1, 0.15) is 6.29 Å². The molecule has 0 bridgehead atoms. The Labute approximate surface area is 131 Å². The third-order valence-electron chi connectivity index (χ3n) is 2.96. The van der Waals surface area contributed by atoms with E-state index in [0.29, 0.717) is 19.4 Å². The van der Waals surface area contributed by atoms with Crippen molar-refractivity contribution >= 4 is 24.0 Å². The van der Waals surface area contributed by atoms with Crippen LogP contribution < -0.4 is 16.0 Å². The summed E-state index contributed by atoms with van der Waals surface area (Å²) in [6.45, 7) is 2.11. The summed E-state index contributed by atoms with van der Waals surface area (Å²) >= 11 is 0. The lowest BCUT2D eigenvalue weighted by molar-refractivity contribution is -0.129. The van der Waals surface area contributed by atoms with Crippen molar-refractivity contribution in [2.24, 2.45) is 0 Å². The maximum absolute atomic E-state index is 12.1. The number of nitrogens with zero attached hydrogens (tertiary/aromatic N) is 1. The molecule has 8 nitrogen and oxygen atoms in total. The van der Waals surface area contributed by atoms with E-state index in [1.165, 1.54) is 6.92 Å². The molecule has 0 aliphatic carbocycles. The van der Waals surface area contributed by atoms with Gasteiger partial charge in [-0.05, 0) is 26.9 Å². The van der Waals surface area contributed by atoms with Gasteiger partial charge < -0.3 is 20.7 Å². The molecule has 3 N–H and O–H groups in total. The Balaban J connectivity index is 4.11. The van der Waals surface area contributed by atoms with Crippen LogP contribution >= 0.6 is 0 Å². The van der Waals surface area contributed by atoms with Crippen molar-refractivity contribution in [1.82, 2.24) is 20.9 Å². The molecule has 0 aliphatic rings. The van der Waals surface area contributed by atoms with E-state index in [1.54, 1.807) is 19.0 Å². The summed E-state index contributed by atoms with van der Waals surface area (Å²) in [6, 6.07) is -0.364. The summed E-state index contributed by atoms with van der Waals surface area (Å²) in [5.74, 6) is -0.665. The maximum Gasteiger partial charge on any atom is 0.239 e. The Bertz CT molecular complexity index is 385. The zero-order valence-electron chi connectivity index (χ0n) is 13.5. The third kappa shape index (κ3) is 9.87. The predicted molar refractivity (Wildman–Crippen MR) is 82.1 cm³/mol. The smallest absolute Gasteiger partial charge is 0.239 e. The second-order valence-corrected chi connectivity index (χ2v) is 5.13. The van der Waals surface area contributed by atoms with Crippen molar-refractivity contribution in [3.8, 4) is 0 Å². The summed E-state index contributed by atoms with van der Waals surface area (Å²) in [6.07, 6.45) is 2.21. The largest absolute Gasteiger partial charge is 0.356 e. The van der Waals surface area contributed by atoms with Crippen molar-refractivity contribution in [3.05, 3.63) is 0 Å². The molecule has 1 unspecified atom stereocenters. The second-order valence-electron chi connectivity index (χ2n) is 5.13. The minimum absolute atomic E-state index is 0.0992. The van der Waals surface area contributed by atoms with Crippen molar-refractivity contribution in [3.63, 3.8) is 0 Å². The molecule has 3 amide bonds. The molecule has 0 rings (SSSR count). The molecular weight excluding hydrogens is 288 g/mol. The van der Waals surface area contributed by atoms with Gasteiger partial charge in [0.05, 0.1) is 12.6 Å². The number of aldehydes is 1. The average molecular weight is 314 g/mol. The second kappa shape index (κ2) is 11.7. The lowest BCUT2D eigenvalue weighted by atomic mass is 10.1. The molecule has 0 aromatic carbocycles. The standard InChI is InChI=1S/C14H26N4O4/c1-11(20)15-7-4-6-12(18(2)3)14(22)17-10-13(21)16-8-5-9-19/h9,12H,4-8,10H2,1-3H3,(H,15,20)(H,16,21)(H,17,22). The highest BCUT2D eigenvalue weighted by atomic mass is 16.2. The molecule has 0 aromatic rings. The normalized spacial score (nSPS) is 11.6. The number of likely N-dealkylation sites (N-methyl/N-ethyl adjacent to an activating group) is 1. The van der Waals surface area contributed by atoms with E-state index in [4.69, 9.17) is 0 Å². The summed E-state index contributed by atoms with van der Waals surface area (Å²) in [7, 11) is 3.57. The molecule has 0 saturated carbocycles. The molecule has 0 saturated heterocycles. The Morgan fingerprint density at radius 1 is 1.09 bits per heavy atom. The number of carbonyl (C=O) groups excluding carboxylic acids is 4. The van der Waals surface area contributed by atoms with E-state index >= 15 is 0 Å². The van der Waals surface area contributed by atoms with Crippen LogP contribution in [0.25, 0.3) is 0 Å². The highest BCUT2D eigenvalue weighted by Gasteiger charge is 2.20. The number of nitrogens with one attached hydrogen (secondary N) is 3. The summed E-state index contributed by atoms with van der Waals surface area (Å²) in [5, 5.41) is 7.77. The van der Waals surface area contributed by atoms with Gasteiger partial charge in [-0.3, -0.25) is 19.3 Å². The van der Waals surface area contributed by atoms with Gasteiger partial charge in [0.25, 0.3) is 0 Å². The molecule has 0 spiro atoms. The molecule has 1 atom stereocenters. The van der Waals surface area contributed by atoms with Gasteiger partial charge in [-0.15, -0.1) is 0 Å². The maximum atomic E-state index is 12.1. The minimum Gasteiger partial charge on any atom is -0.356 e. The average Bonchev–Trinajstić information content (AvgIpc) is 2.44. The Kier molecular flexibility index (Phi) is 10.6. The first kappa shape index (κ1) is 20.0. The fraction of sp³-hybridized carbons (Fsp3) is 0.714. The predicted octanol–water partition coefficient (Wildman–Crippen LogP) is -1.35. The zero-order chi connectivity index (χ0) is 17.0. The van der Waals surface area contributed by atoms with Gasteiger partial charge in [0.15, 0.2) is 0 Å². The van der Waals surface area contributed by atoms with Crippen LogP contribution in [-0.4, -0.2) is 68.7 Å². The molecule has 0 fully saturated rings. The molecule has 0 aliphatic heterocycles. The number of rotatable bonds is 11. The number of carbonyl (C=O) groups is 4. The van der Waals surface area contributed by atoms with Crippen LogP contribution in [-0.2, 0) is 19.2 Å². The zero-order valence-corrected chi connectivity index (χ0v) is 13.5. The topological polar surface area (TPSA) is 108 Å². The number of amides is 3. The SMILES string of the molecule is CC(=O)NCCCC(C(=O)NCC(=O)NCCC=O)N(C)C. The number of hydrogen-bond acceptors (Lipinski definition) is 5. The minimum atomic E-state index is -0.364. The first-order chi connectivity index (χ1) is 10.4. The van der Waals surface area contributed by atoms with Crippen LogP contribution in [0.5, 0.6) is 0 Å². The monoisotopic (exact) mass is 314 g/mol. The fourth-order valence-electron chi connectivity index (χ4n) is 1.80. The lowest BCUT2D eigenvalue weighted by Gasteiger charge is -2.23. The van der Waals surface area contributed by atoms with E-state index < -0.39 is 0 Å². The van der Waals surface area contributed by atoms with Crippen LogP contribution in [0.15, 0.2) is 0 Å². The van der Waals surface area contributed by atoms with E-state index in [9.17, 15) is 19.2 Å². The fourth-order valence-corrected chi connectivity index (χ4v) is 1.80. The lowest BCUT2D eigenvalue weighted by Crippen LogP contribution is -2.47. The molecule has 22 heavy (non-hydrogen) atoms. The van der Waals surface area contributed by atoms with Gasteiger partial charge >= 0.3 is 0 Å². The van der Waals surface area contributed by atoms with E-state index in [0.717, 1.165) is 6.29 Å². The molecule has 0 aromatic heterocycles. The van der Waals surface area contributed by atoms with Gasteiger partial charge in [-0.2, -0.15) is 0 Å². The van der Waals surface area contributed by atoms with Crippen molar-refractivity contribution < 1.29 is 19.2 Å². The first-order valence-electron chi connectivity index (χ1n) is 7.27.